The molecule has 25 heteroatoms. The van der Waals surface area contributed by atoms with Crippen molar-refractivity contribution in [2.45, 2.75) is 203 Å². The first-order chi connectivity index (χ1) is 37.8. The molecular formula is C55H86N8O17. The van der Waals surface area contributed by atoms with Gasteiger partial charge in [0.25, 0.3) is 0 Å². The highest BCUT2D eigenvalue weighted by Crippen LogP contribution is 2.26. The number of rotatable bonds is 23. The molecule has 0 aliphatic carbocycles. The largest absolute Gasteiger partial charge is 0.508 e. The number of nitrogens with two attached hydrogens (primary N) is 1. The van der Waals surface area contributed by atoms with Crippen LogP contribution in [0, 0.1) is 11.8 Å². The van der Waals surface area contributed by atoms with Gasteiger partial charge in [-0.3, -0.25) is 38.4 Å². The van der Waals surface area contributed by atoms with Gasteiger partial charge < -0.3 is 82.6 Å². The Kier molecular flexibility index (Phi) is 26.7. The van der Waals surface area contributed by atoms with Crippen LogP contribution in [0.15, 0.2) is 30.4 Å². The molecule has 80 heavy (non-hydrogen) atoms. The second kappa shape index (κ2) is 32.3. The number of primary amides is 1. The predicted molar refractivity (Wildman–Crippen MR) is 288 cm³/mol. The molecule has 3 heterocycles. The van der Waals surface area contributed by atoms with E-state index in [0.29, 0.717) is 18.3 Å². The molecule has 14 N–H and O–H groups in total. The molecule has 3 aliphatic rings. The number of hydrogen-bond donors (Lipinski definition) is 13. The molecular weight excluding hydrogens is 1040 g/mol. The van der Waals surface area contributed by atoms with Gasteiger partial charge in [-0.2, -0.15) is 0 Å². The van der Waals surface area contributed by atoms with Gasteiger partial charge in [0.2, 0.25) is 47.3 Å². The minimum atomic E-state index is -2.15. The van der Waals surface area contributed by atoms with Crippen molar-refractivity contribution in [1.29, 1.82) is 0 Å². The summed E-state index contributed by atoms with van der Waals surface area (Å²) in [5.41, 5.74) is 5.90. The zero-order valence-corrected chi connectivity index (χ0v) is 46.6. The lowest BCUT2D eigenvalue weighted by atomic mass is 9.91. The first-order valence-electron chi connectivity index (χ1n) is 27.9. The summed E-state index contributed by atoms with van der Waals surface area (Å²) < 4.78 is 4.60. The maximum atomic E-state index is 14.6. The second-order valence-corrected chi connectivity index (χ2v) is 21.8. The Balaban J connectivity index is 1.69. The van der Waals surface area contributed by atoms with Gasteiger partial charge in [-0.25, -0.2) is 4.79 Å². The first kappa shape index (κ1) is 66.3. The lowest BCUT2D eigenvalue weighted by Gasteiger charge is -2.33. The highest BCUT2D eigenvalue weighted by molar-refractivity contribution is 5.98. The Labute approximate surface area is 466 Å². The number of aliphatic hydroxyl groups is 6. The number of fused-ring (bicyclic) bond motifs is 2. The quantitative estimate of drug-likeness (QED) is 0.0324. The molecule has 3 fully saturated rings. The number of carbonyl (C=O) groups is 9. The molecule has 1 aromatic carbocycles. The number of ether oxygens (including phenoxy) is 1. The average Bonchev–Trinajstić information content (AvgIpc) is 4.00. The Morgan fingerprint density at radius 2 is 1.45 bits per heavy atom. The average molecular weight is 1130 g/mol. The summed E-state index contributed by atoms with van der Waals surface area (Å²) in [4.78, 5) is 125. The van der Waals surface area contributed by atoms with Gasteiger partial charge in [0.15, 0.2) is 0 Å². The van der Waals surface area contributed by atoms with Crippen LogP contribution < -0.4 is 32.3 Å². The SMILES string of the molecule is CCC(C)CC(C)CCCCCCCCC(=O)NC1C[C@@H](O)CNC(=O)[C@@H]2[C@@H](O)CCN2C(=O)[C@H]([C@@H](O)CC(N)=O)NC(=O)[C@H]([C@H](O)Cc2ccc(O)c(C/C=C/C(=O)OC)c2)NC(=O)[C@@H]2C[C@@H](O)CN2C(=O)[C@H]([C@H](C)O)NC1=O. The van der Waals surface area contributed by atoms with E-state index in [-0.39, 0.29) is 42.7 Å². The number of phenolic OH excluding ortho intramolecular Hbond substituents is 1. The summed E-state index contributed by atoms with van der Waals surface area (Å²) >= 11 is 0. The Morgan fingerprint density at radius 1 is 0.800 bits per heavy atom. The third-order valence-corrected chi connectivity index (χ3v) is 15.1. The van der Waals surface area contributed by atoms with Crippen LogP contribution in [0.3, 0.4) is 0 Å². The van der Waals surface area contributed by atoms with Crippen molar-refractivity contribution in [3.63, 3.8) is 0 Å². The summed E-state index contributed by atoms with van der Waals surface area (Å²) in [5.74, 6) is -8.23. The van der Waals surface area contributed by atoms with Crippen molar-refractivity contribution in [3.05, 3.63) is 41.5 Å². The van der Waals surface area contributed by atoms with E-state index in [1.807, 2.05) is 0 Å². The molecule has 448 valence electrons. The van der Waals surface area contributed by atoms with Gasteiger partial charge in [-0.1, -0.05) is 83.9 Å². The third-order valence-electron chi connectivity index (χ3n) is 15.1. The van der Waals surface area contributed by atoms with Crippen LogP contribution in [-0.4, -0.2) is 198 Å². The zero-order chi connectivity index (χ0) is 59.4. The number of allylic oxidation sites excluding steroid dienone is 1. The van der Waals surface area contributed by atoms with Gasteiger partial charge in [-0.05, 0) is 61.6 Å². The van der Waals surface area contributed by atoms with Crippen molar-refractivity contribution in [2.24, 2.45) is 17.6 Å². The minimum Gasteiger partial charge on any atom is -0.508 e. The van der Waals surface area contributed by atoms with Crippen LogP contribution in [0.1, 0.15) is 129 Å². The zero-order valence-electron chi connectivity index (χ0n) is 46.6. The number of hydrogen-bond acceptors (Lipinski definition) is 17. The molecule has 3 aliphatic heterocycles. The normalized spacial score (nSPS) is 26.6. The standard InChI is InChI=1S/C55H86N8O17/c1-6-30(2)22-31(3)14-11-9-7-8-10-12-16-44(72)58-37-25-35(65)28-57-53(77)49-40(68)20-21-62(49)55(79)48(42(70)27-43(56)71)61-52(76)47(41(69)24-33-18-19-39(67)34(23-33)15-13-17-45(73)80-5)60-51(75)38-26-36(66)29-63(38)54(78)46(32(4)64)59-50(37)74/h13,17-19,23,30-32,35-38,40-42,46-49,64-70H,6-12,14-16,20-22,24-29H2,1-5H3,(H2,56,71)(H,57,77)(H,58,72)(H,59,74)(H,60,75)(H,61,76)/b17-13+/t30?,31?,32-,35+,36+,37?,38-,40-,41+,42-,46-,47-,48-,49-/m0/s1. The molecule has 3 saturated heterocycles. The number of esters is 1. The van der Waals surface area contributed by atoms with E-state index in [9.17, 15) is 78.9 Å². The number of methoxy groups -OCH3 is 1. The molecule has 0 aromatic heterocycles. The monoisotopic (exact) mass is 1130 g/mol. The fourth-order valence-corrected chi connectivity index (χ4v) is 10.4. The number of nitrogens with zero attached hydrogens (tertiary/aromatic N) is 2. The number of aliphatic hydroxyl groups excluding tert-OH is 6. The lowest BCUT2D eigenvalue weighted by Crippen LogP contribution is -2.64. The highest BCUT2D eigenvalue weighted by atomic mass is 16.5. The number of carbonyl (C=O) groups excluding carboxylic acids is 9. The maximum Gasteiger partial charge on any atom is 0.330 e. The van der Waals surface area contributed by atoms with Gasteiger partial charge >= 0.3 is 5.97 Å². The fourth-order valence-electron chi connectivity index (χ4n) is 10.4. The number of nitrogens with one attached hydrogen (secondary N) is 5. The topological polar surface area (TPSA) is 397 Å². The van der Waals surface area contributed by atoms with Crippen LogP contribution in [0.25, 0.3) is 0 Å². The smallest absolute Gasteiger partial charge is 0.330 e. The van der Waals surface area contributed by atoms with E-state index in [4.69, 9.17) is 5.73 Å². The number of aromatic hydroxyl groups is 1. The second-order valence-electron chi connectivity index (χ2n) is 21.8. The van der Waals surface area contributed by atoms with Crippen molar-refractivity contribution in [1.82, 2.24) is 36.4 Å². The van der Waals surface area contributed by atoms with Crippen LogP contribution in [-0.2, 0) is 60.7 Å². The first-order valence-corrected chi connectivity index (χ1v) is 27.9. The van der Waals surface area contributed by atoms with Crippen molar-refractivity contribution < 1.29 is 83.6 Å². The van der Waals surface area contributed by atoms with E-state index < -0.39 is 165 Å². The number of phenols is 1. The Bertz CT molecular complexity index is 2320. The van der Waals surface area contributed by atoms with E-state index in [1.54, 1.807) is 0 Å². The molecule has 0 radical (unpaired) electrons. The van der Waals surface area contributed by atoms with E-state index in [2.05, 4.69) is 52.1 Å². The highest BCUT2D eigenvalue weighted by Gasteiger charge is 2.48. The summed E-state index contributed by atoms with van der Waals surface area (Å²) in [6.45, 7) is 6.37. The van der Waals surface area contributed by atoms with Gasteiger partial charge in [0.05, 0.1) is 50.2 Å². The molecule has 14 atom stereocenters. The molecule has 8 amide bonds. The molecule has 1 aromatic rings. The van der Waals surface area contributed by atoms with Gasteiger partial charge in [0.1, 0.15) is 42.0 Å². The molecule has 0 spiro atoms. The van der Waals surface area contributed by atoms with Crippen LogP contribution in [0.4, 0.5) is 0 Å². The molecule has 4 rings (SSSR count). The number of unbranched alkanes of at least 4 members (excludes halogenated alkanes) is 5. The third kappa shape index (κ3) is 20.1. The van der Waals surface area contributed by atoms with Crippen LogP contribution >= 0.6 is 0 Å². The van der Waals surface area contributed by atoms with E-state index in [0.717, 1.165) is 67.7 Å². The van der Waals surface area contributed by atoms with Gasteiger partial charge in [-0.15, -0.1) is 0 Å². The minimum absolute atomic E-state index is 0.00632. The number of β-amino-alcohol motifs (C(OH)–C–C–N with tert-alkyl or cyclic N) is 1. The predicted octanol–water partition coefficient (Wildman–Crippen LogP) is -1.88. The van der Waals surface area contributed by atoms with Crippen molar-refractivity contribution in [3.8, 4) is 5.75 Å². The molecule has 3 unspecified atom stereocenters. The molecule has 0 bridgehead atoms. The summed E-state index contributed by atoms with van der Waals surface area (Å²) in [6.07, 6.45) is -1.82. The van der Waals surface area contributed by atoms with Crippen molar-refractivity contribution >= 4 is 53.2 Å². The van der Waals surface area contributed by atoms with Crippen LogP contribution in [0.5, 0.6) is 5.75 Å². The lowest BCUT2D eigenvalue weighted by molar-refractivity contribution is -0.147. The molecule has 25 nitrogen and oxygen atoms in total. The summed E-state index contributed by atoms with van der Waals surface area (Å²) in [5, 5.41) is 90.2. The summed E-state index contributed by atoms with van der Waals surface area (Å²) in [7, 11) is 1.17. The van der Waals surface area contributed by atoms with Crippen LogP contribution in [0.2, 0.25) is 0 Å². The van der Waals surface area contributed by atoms with E-state index >= 15 is 0 Å². The van der Waals surface area contributed by atoms with Gasteiger partial charge in [0, 0.05) is 51.4 Å². The molecule has 0 saturated carbocycles. The maximum absolute atomic E-state index is 14.6. The number of amides is 8. The Hall–Kier alpha value is -6.25. The van der Waals surface area contributed by atoms with Crippen molar-refractivity contribution in [2.75, 3.05) is 26.7 Å². The van der Waals surface area contributed by atoms with E-state index in [1.165, 1.54) is 37.8 Å². The Morgan fingerprint density at radius 3 is 2.11 bits per heavy atom. The fraction of sp³-hybridized carbons (Fsp3) is 0.691. The summed E-state index contributed by atoms with van der Waals surface area (Å²) in [6, 6.07) is -7.04. The number of benzene rings is 1.